The van der Waals surface area contributed by atoms with E-state index in [1.807, 2.05) is 14.0 Å². The second-order valence-electron chi connectivity index (χ2n) is 4.20. The first-order chi connectivity index (χ1) is 8.17. The minimum absolute atomic E-state index is 0.109. The summed E-state index contributed by atoms with van der Waals surface area (Å²) in [4.78, 5) is 11.7. The van der Waals surface area contributed by atoms with Crippen molar-refractivity contribution in [1.82, 2.24) is 5.32 Å². The summed E-state index contributed by atoms with van der Waals surface area (Å²) >= 11 is 0. The van der Waals surface area contributed by atoms with Crippen molar-refractivity contribution >= 4 is 5.97 Å². The van der Waals surface area contributed by atoms with Crippen LogP contribution in [0.15, 0.2) is 24.3 Å². The molecule has 1 rings (SSSR count). The smallest absolute Gasteiger partial charge is 0.310 e. The third-order valence-electron chi connectivity index (χ3n) is 2.67. The maximum atomic E-state index is 11.7. The number of ether oxygens (including phenoxy) is 1. The van der Waals surface area contributed by atoms with Gasteiger partial charge in [-0.05, 0) is 32.9 Å². The van der Waals surface area contributed by atoms with E-state index in [4.69, 9.17) is 4.74 Å². The molecule has 1 aromatic carbocycles. The molecule has 1 N–H and O–H groups in total. The highest BCUT2D eigenvalue weighted by Crippen LogP contribution is 2.11. The van der Waals surface area contributed by atoms with Crippen LogP contribution < -0.4 is 5.32 Å². The molecule has 0 aliphatic heterocycles. The van der Waals surface area contributed by atoms with Gasteiger partial charge < -0.3 is 10.1 Å². The van der Waals surface area contributed by atoms with E-state index < -0.39 is 0 Å². The molecule has 94 valence electrons. The molecule has 0 aliphatic carbocycles. The van der Waals surface area contributed by atoms with E-state index >= 15 is 0 Å². The minimum Gasteiger partial charge on any atom is -0.466 e. The Morgan fingerprint density at radius 3 is 2.53 bits per heavy atom. The monoisotopic (exact) mass is 235 g/mol. The maximum Gasteiger partial charge on any atom is 0.310 e. The maximum absolute atomic E-state index is 11.7. The molecule has 0 aromatic heterocycles. The van der Waals surface area contributed by atoms with Gasteiger partial charge in [0.15, 0.2) is 0 Å². The van der Waals surface area contributed by atoms with Crippen molar-refractivity contribution in [2.75, 3.05) is 20.2 Å². The average molecular weight is 235 g/mol. The average Bonchev–Trinajstić information content (AvgIpc) is 2.31. The van der Waals surface area contributed by atoms with Gasteiger partial charge in [-0.1, -0.05) is 29.8 Å². The molecule has 0 amide bonds. The first-order valence-corrected chi connectivity index (χ1v) is 6.04. The predicted molar refractivity (Wildman–Crippen MR) is 68.9 cm³/mol. The van der Waals surface area contributed by atoms with Crippen LogP contribution in [0.4, 0.5) is 0 Å². The van der Waals surface area contributed by atoms with E-state index in [0.717, 1.165) is 6.42 Å². The lowest BCUT2D eigenvalue weighted by Gasteiger charge is -2.15. The number of nitrogens with one attached hydrogen (secondary N) is 1. The molecule has 17 heavy (non-hydrogen) atoms. The zero-order valence-corrected chi connectivity index (χ0v) is 10.8. The molecule has 0 saturated heterocycles. The summed E-state index contributed by atoms with van der Waals surface area (Å²) in [6, 6.07) is 8.27. The summed E-state index contributed by atoms with van der Waals surface area (Å²) in [7, 11) is 1.85. The van der Waals surface area contributed by atoms with Crippen LogP contribution in [0.25, 0.3) is 0 Å². The topological polar surface area (TPSA) is 38.3 Å². The van der Waals surface area contributed by atoms with Crippen LogP contribution in [-0.4, -0.2) is 26.2 Å². The predicted octanol–water partition coefficient (Wildman–Crippen LogP) is 1.94. The highest BCUT2D eigenvalue weighted by Gasteiger charge is 2.19. The van der Waals surface area contributed by atoms with E-state index in [1.54, 1.807) is 0 Å². The summed E-state index contributed by atoms with van der Waals surface area (Å²) in [5.41, 5.74) is 2.40. The largest absolute Gasteiger partial charge is 0.466 e. The molecule has 0 spiro atoms. The van der Waals surface area contributed by atoms with Crippen LogP contribution in [0.1, 0.15) is 18.1 Å². The van der Waals surface area contributed by atoms with E-state index in [2.05, 4.69) is 36.5 Å². The Morgan fingerprint density at radius 2 is 2.00 bits per heavy atom. The first kappa shape index (κ1) is 13.7. The molecule has 0 unspecified atom stereocenters. The van der Waals surface area contributed by atoms with Crippen molar-refractivity contribution in [3.63, 3.8) is 0 Å². The first-order valence-electron chi connectivity index (χ1n) is 6.04. The Morgan fingerprint density at radius 1 is 1.35 bits per heavy atom. The molecule has 3 nitrogen and oxygen atoms in total. The van der Waals surface area contributed by atoms with Gasteiger partial charge in [-0.3, -0.25) is 4.79 Å². The highest BCUT2D eigenvalue weighted by atomic mass is 16.5. The van der Waals surface area contributed by atoms with Crippen LogP contribution in [0, 0.1) is 12.8 Å². The summed E-state index contributed by atoms with van der Waals surface area (Å²) in [5.74, 6) is -0.231. The van der Waals surface area contributed by atoms with Crippen molar-refractivity contribution in [2.45, 2.75) is 20.3 Å². The Balaban J connectivity index is 2.65. The van der Waals surface area contributed by atoms with Gasteiger partial charge in [0.2, 0.25) is 0 Å². The number of aryl methyl sites for hydroxylation is 1. The lowest BCUT2D eigenvalue weighted by atomic mass is 9.98. The van der Waals surface area contributed by atoms with Gasteiger partial charge in [0.05, 0.1) is 12.5 Å². The van der Waals surface area contributed by atoms with Gasteiger partial charge in [-0.2, -0.15) is 0 Å². The zero-order valence-electron chi connectivity index (χ0n) is 10.8. The molecule has 1 aromatic rings. The number of hydrogen-bond acceptors (Lipinski definition) is 3. The van der Waals surface area contributed by atoms with Crippen LogP contribution in [0.3, 0.4) is 0 Å². The van der Waals surface area contributed by atoms with E-state index in [0.29, 0.717) is 13.2 Å². The summed E-state index contributed by atoms with van der Waals surface area (Å²) in [6.45, 7) is 4.97. The van der Waals surface area contributed by atoms with Crippen molar-refractivity contribution in [2.24, 2.45) is 5.92 Å². The quantitative estimate of drug-likeness (QED) is 0.766. The fourth-order valence-electron chi connectivity index (χ4n) is 1.75. The second kappa shape index (κ2) is 7.07. The Kier molecular flexibility index (Phi) is 5.70. The van der Waals surface area contributed by atoms with Crippen molar-refractivity contribution < 1.29 is 9.53 Å². The molecular formula is C14H21NO2. The molecule has 0 saturated carbocycles. The molecule has 0 radical (unpaired) electrons. The molecule has 1 atom stereocenters. The van der Waals surface area contributed by atoms with Gasteiger partial charge >= 0.3 is 5.97 Å². The van der Waals surface area contributed by atoms with Gasteiger partial charge in [-0.15, -0.1) is 0 Å². The number of rotatable bonds is 6. The summed E-state index contributed by atoms with van der Waals surface area (Å²) < 4.78 is 5.07. The lowest BCUT2D eigenvalue weighted by molar-refractivity contribution is -0.147. The van der Waals surface area contributed by atoms with E-state index in [1.165, 1.54) is 11.1 Å². The lowest BCUT2D eigenvalue weighted by Crippen LogP contribution is -2.29. The fourth-order valence-corrected chi connectivity index (χ4v) is 1.75. The third kappa shape index (κ3) is 4.57. The minimum atomic E-state index is -0.123. The van der Waals surface area contributed by atoms with Crippen molar-refractivity contribution in [1.29, 1.82) is 0 Å². The Hall–Kier alpha value is -1.35. The van der Waals surface area contributed by atoms with Gasteiger partial charge in [0.25, 0.3) is 0 Å². The normalized spacial score (nSPS) is 12.2. The van der Waals surface area contributed by atoms with Crippen molar-refractivity contribution in [3.05, 3.63) is 35.4 Å². The van der Waals surface area contributed by atoms with Gasteiger partial charge in [0, 0.05) is 6.54 Å². The number of carbonyl (C=O) groups excluding carboxylic acids is 1. The van der Waals surface area contributed by atoms with Crippen LogP contribution in [-0.2, 0) is 16.0 Å². The van der Waals surface area contributed by atoms with Crippen LogP contribution >= 0.6 is 0 Å². The Labute approximate surface area is 103 Å². The number of esters is 1. The number of carbonyl (C=O) groups is 1. The summed E-state index contributed by atoms with van der Waals surface area (Å²) in [6.07, 6.45) is 0.722. The Bertz CT molecular complexity index is 346. The number of hydrogen-bond donors (Lipinski definition) is 1. The molecule has 0 heterocycles. The molecular weight excluding hydrogens is 214 g/mol. The highest BCUT2D eigenvalue weighted by molar-refractivity contribution is 5.73. The van der Waals surface area contributed by atoms with E-state index in [9.17, 15) is 4.79 Å². The molecule has 0 fully saturated rings. The van der Waals surface area contributed by atoms with E-state index in [-0.39, 0.29) is 11.9 Å². The second-order valence-corrected chi connectivity index (χ2v) is 4.20. The zero-order chi connectivity index (χ0) is 12.7. The molecule has 0 aliphatic rings. The van der Waals surface area contributed by atoms with Gasteiger partial charge in [-0.25, -0.2) is 0 Å². The number of benzene rings is 1. The van der Waals surface area contributed by atoms with Crippen LogP contribution in [0.5, 0.6) is 0 Å². The molecule has 0 bridgehead atoms. The standard InChI is InChI=1S/C14H21NO2/c1-4-17-14(16)13(10-15-3)9-12-7-5-11(2)6-8-12/h5-8,13,15H,4,9-10H2,1-3H3/t13-/m1/s1. The van der Waals surface area contributed by atoms with Crippen molar-refractivity contribution in [3.8, 4) is 0 Å². The summed E-state index contributed by atoms with van der Waals surface area (Å²) in [5, 5.41) is 3.04. The van der Waals surface area contributed by atoms with Crippen LogP contribution in [0.2, 0.25) is 0 Å². The fraction of sp³-hybridized carbons (Fsp3) is 0.500. The molecule has 3 heteroatoms. The van der Waals surface area contributed by atoms with Gasteiger partial charge in [0.1, 0.15) is 0 Å². The third-order valence-corrected chi connectivity index (χ3v) is 2.67. The SMILES string of the molecule is CCOC(=O)[C@@H](CNC)Cc1ccc(C)cc1.